The van der Waals surface area contributed by atoms with Crippen molar-refractivity contribution in [1.82, 2.24) is 0 Å². The lowest BCUT2D eigenvalue weighted by atomic mass is 9.62. The van der Waals surface area contributed by atoms with Crippen LogP contribution in [0.2, 0.25) is 0 Å². The molecule has 2 rings (SSSR count). The summed E-state index contributed by atoms with van der Waals surface area (Å²) in [5.41, 5.74) is 5.64. The largest absolute Gasteiger partial charge is 0.0999 e. The predicted molar refractivity (Wildman–Crippen MR) is 182 cm³/mol. The van der Waals surface area contributed by atoms with Crippen LogP contribution in [-0.4, -0.2) is 0 Å². The second-order valence-electron chi connectivity index (χ2n) is 16.0. The van der Waals surface area contributed by atoms with Crippen LogP contribution in [0.4, 0.5) is 0 Å². The van der Waals surface area contributed by atoms with Gasteiger partial charge in [-0.25, -0.2) is 0 Å². The van der Waals surface area contributed by atoms with E-state index in [1.165, 1.54) is 102 Å². The normalized spacial score (nSPS) is 27.5. The first-order valence-electron chi connectivity index (χ1n) is 17.5. The molecule has 0 radical (unpaired) electrons. The SMILES string of the molecule is C=C(CCC[C@H](C)CCCC/C(C)=C/C/C=C(\C)CC[C@H]1[C@@H](C)CCCC1(C)C)CC[C@@H]1[C@@H](C)C=CCC1(C)C. The number of hydrogen-bond donors (Lipinski definition) is 0. The van der Waals surface area contributed by atoms with E-state index in [0.717, 1.165) is 30.1 Å². The van der Waals surface area contributed by atoms with E-state index < -0.39 is 0 Å². The van der Waals surface area contributed by atoms with Crippen LogP contribution in [0.5, 0.6) is 0 Å². The summed E-state index contributed by atoms with van der Waals surface area (Å²) in [5, 5.41) is 0. The van der Waals surface area contributed by atoms with Crippen LogP contribution in [0.1, 0.15) is 165 Å². The average molecular weight is 551 g/mol. The third kappa shape index (κ3) is 12.4. The summed E-state index contributed by atoms with van der Waals surface area (Å²) in [6, 6.07) is 0. The van der Waals surface area contributed by atoms with E-state index in [4.69, 9.17) is 0 Å². The Hall–Kier alpha value is -1.04. The monoisotopic (exact) mass is 551 g/mol. The van der Waals surface area contributed by atoms with Gasteiger partial charge in [-0.15, -0.1) is 0 Å². The topological polar surface area (TPSA) is 0 Å². The highest BCUT2D eigenvalue weighted by atomic mass is 14.4. The molecule has 1 fully saturated rings. The first kappa shape index (κ1) is 35.2. The van der Waals surface area contributed by atoms with E-state index >= 15 is 0 Å². The molecule has 0 aliphatic heterocycles. The van der Waals surface area contributed by atoms with Gasteiger partial charge in [0.25, 0.3) is 0 Å². The highest BCUT2D eigenvalue weighted by Gasteiger charge is 2.36. The maximum atomic E-state index is 4.45. The van der Waals surface area contributed by atoms with Crippen LogP contribution in [0.15, 0.2) is 47.6 Å². The van der Waals surface area contributed by atoms with Gasteiger partial charge in [-0.1, -0.05) is 128 Å². The van der Waals surface area contributed by atoms with Crippen molar-refractivity contribution in [3.05, 3.63) is 47.6 Å². The van der Waals surface area contributed by atoms with Gasteiger partial charge in [0.2, 0.25) is 0 Å². The molecule has 0 aromatic carbocycles. The van der Waals surface area contributed by atoms with Crippen LogP contribution in [0.25, 0.3) is 0 Å². The van der Waals surface area contributed by atoms with Gasteiger partial charge in [0.05, 0.1) is 0 Å². The molecule has 0 aromatic rings. The maximum absolute atomic E-state index is 4.45. The average Bonchev–Trinajstić information content (AvgIpc) is 2.85. The smallest absolute Gasteiger partial charge is 0.0164 e. The zero-order chi connectivity index (χ0) is 29.8. The van der Waals surface area contributed by atoms with Gasteiger partial charge in [0.1, 0.15) is 0 Å². The van der Waals surface area contributed by atoms with Gasteiger partial charge < -0.3 is 0 Å². The van der Waals surface area contributed by atoms with Crippen molar-refractivity contribution in [3.63, 3.8) is 0 Å². The number of hydrogen-bond acceptors (Lipinski definition) is 0. The van der Waals surface area contributed by atoms with Crippen molar-refractivity contribution in [2.75, 3.05) is 0 Å². The van der Waals surface area contributed by atoms with Crippen molar-refractivity contribution in [1.29, 1.82) is 0 Å². The fourth-order valence-corrected chi connectivity index (χ4v) is 8.22. The third-order valence-electron chi connectivity index (χ3n) is 11.2. The van der Waals surface area contributed by atoms with Crippen LogP contribution in [0, 0.1) is 40.4 Å². The standard InChI is InChI=1S/C40H70/c1-31(19-13-21-33(3)25-27-37-35(5)23-15-29-39(37,7)8)17-11-12-18-32(2)20-14-22-34(4)26-28-38-36(6)24-16-30-40(38,9)10/h15,20,22-23,31,35-38H,3,11-14,16-19,21,24-30H2,1-2,4-10H3/b32-20+,34-22+/t31-,35+,36+,37-,38+/m1/s1. The van der Waals surface area contributed by atoms with E-state index in [0.29, 0.717) is 16.7 Å². The van der Waals surface area contributed by atoms with Crippen LogP contribution in [-0.2, 0) is 0 Å². The predicted octanol–water partition coefficient (Wildman–Crippen LogP) is 13.5. The van der Waals surface area contributed by atoms with Crippen molar-refractivity contribution < 1.29 is 0 Å². The fraction of sp³-hybridized carbons (Fsp3) is 0.800. The van der Waals surface area contributed by atoms with Crippen LogP contribution >= 0.6 is 0 Å². The maximum Gasteiger partial charge on any atom is -0.0164 e. The first-order chi connectivity index (χ1) is 18.8. The molecule has 0 unspecified atom stereocenters. The molecule has 0 nitrogen and oxygen atoms in total. The molecule has 0 saturated heterocycles. The van der Waals surface area contributed by atoms with Crippen molar-refractivity contribution in [2.24, 2.45) is 40.4 Å². The molecular formula is C40H70. The molecule has 0 amide bonds. The zero-order valence-electron chi connectivity index (χ0n) is 28.7. The minimum atomic E-state index is 0.441. The Kier molecular flexibility index (Phi) is 15.1. The highest BCUT2D eigenvalue weighted by Crippen LogP contribution is 2.46. The second-order valence-corrected chi connectivity index (χ2v) is 16.0. The van der Waals surface area contributed by atoms with Gasteiger partial charge in [0.15, 0.2) is 0 Å². The summed E-state index contributed by atoms with van der Waals surface area (Å²) in [7, 11) is 0. The van der Waals surface area contributed by atoms with Gasteiger partial charge in [-0.2, -0.15) is 0 Å². The number of unbranched alkanes of at least 4 members (excludes halogenated alkanes) is 1. The van der Waals surface area contributed by atoms with Crippen molar-refractivity contribution in [3.8, 4) is 0 Å². The molecular weight excluding hydrogens is 480 g/mol. The Morgan fingerprint density at radius 3 is 2.17 bits per heavy atom. The molecule has 1 saturated carbocycles. The summed E-state index contributed by atoms with van der Waals surface area (Å²) >= 11 is 0. The van der Waals surface area contributed by atoms with E-state index in [9.17, 15) is 0 Å². The second kappa shape index (κ2) is 17.2. The summed E-state index contributed by atoms with van der Waals surface area (Å²) in [5.74, 6) is 4.15. The molecule has 2 aliphatic rings. The summed E-state index contributed by atoms with van der Waals surface area (Å²) in [6.07, 6.45) is 30.9. The Balaban J connectivity index is 1.54. The van der Waals surface area contributed by atoms with E-state index in [1.54, 1.807) is 11.1 Å². The number of rotatable bonds is 17. The number of allylic oxidation sites excluding steroid dienone is 7. The Labute approximate surface area is 252 Å². The highest BCUT2D eigenvalue weighted by molar-refractivity contribution is 5.07. The van der Waals surface area contributed by atoms with Gasteiger partial charge >= 0.3 is 0 Å². The molecule has 230 valence electrons. The summed E-state index contributed by atoms with van der Waals surface area (Å²) in [6.45, 7) is 26.4. The summed E-state index contributed by atoms with van der Waals surface area (Å²) in [4.78, 5) is 0. The first-order valence-corrected chi connectivity index (χ1v) is 17.5. The Bertz CT molecular complexity index is 830. The lowest BCUT2D eigenvalue weighted by Gasteiger charge is -2.43. The molecule has 0 spiro atoms. The van der Waals surface area contributed by atoms with E-state index in [1.807, 2.05) is 0 Å². The van der Waals surface area contributed by atoms with Crippen LogP contribution in [0.3, 0.4) is 0 Å². The quantitative estimate of drug-likeness (QED) is 0.125. The van der Waals surface area contributed by atoms with Gasteiger partial charge in [0, 0.05) is 0 Å². The molecule has 0 bridgehead atoms. The van der Waals surface area contributed by atoms with Gasteiger partial charge in [-0.05, 0) is 125 Å². The van der Waals surface area contributed by atoms with Gasteiger partial charge in [-0.3, -0.25) is 0 Å². The Morgan fingerprint density at radius 1 is 0.850 bits per heavy atom. The molecule has 2 aliphatic carbocycles. The minimum absolute atomic E-state index is 0.441. The molecule has 0 N–H and O–H groups in total. The van der Waals surface area contributed by atoms with E-state index in [-0.39, 0.29) is 0 Å². The zero-order valence-corrected chi connectivity index (χ0v) is 28.7. The van der Waals surface area contributed by atoms with Crippen molar-refractivity contribution >= 4 is 0 Å². The molecule has 40 heavy (non-hydrogen) atoms. The lowest BCUT2D eigenvalue weighted by molar-refractivity contribution is 0.0767. The van der Waals surface area contributed by atoms with E-state index in [2.05, 4.69) is 93.2 Å². The molecule has 0 heterocycles. The third-order valence-corrected chi connectivity index (χ3v) is 11.2. The van der Waals surface area contributed by atoms with Crippen molar-refractivity contribution in [2.45, 2.75) is 165 Å². The fourth-order valence-electron chi connectivity index (χ4n) is 8.22. The molecule has 0 aromatic heterocycles. The minimum Gasteiger partial charge on any atom is -0.0999 e. The lowest BCUT2D eigenvalue weighted by Crippen LogP contribution is -2.33. The molecule has 5 atom stereocenters. The van der Waals surface area contributed by atoms with Crippen LogP contribution < -0.4 is 0 Å². The Morgan fingerprint density at radius 2 is 1.50 bits per heavy atom. The summed E-state index contributed by atoms with van der Waals surface area (Å²) < 4.78 is 0. The molecule has 0 heteroatoms.